The largest absolute Gasteiger partial charge is 0.451 e. The summed E-state index contributed by atoms with van der Waals surface area (Å²) >= 11 is 0. The molecule has 4 nitrogen and oxygen atoms in total. The van der Waals surface area contributed by atoms with Gasteiger partial charge in [0.2, 0.25) is 0 Å². The van der Waals surface area contributed by atoms with Gasteiger partial charge in [0.05, 0.1) is 6.04 Å². The topological polar surface area (TPSA) is 45.5 Å². The number of benzene rings is 2. The van der Waals surface area contributed by atoms with Crippen LogP contribution in [0.3, 0.4) is 0 Å². The van der Waals surface area contributed by atoms with Crippen LogP contribution in [0.15, 0.2) is 52.9 Å². The molecule has 0 radical (unpaired) electrons. The Morgan fingerprint density at radius 3 is 2.52 bits per heavy atom. The highest BCUT2D eigenvalue weighted by Crippen LogP contribution is 2.26. The monoisotopic (exact) mass is 336 g/mol. The summed E-state index contributed by atoms with van der Waals surface area (Å²) in [5.74, 6) is 0.223. The number of aryl methyl sites for hydroxylation is 2. The number of nitrogens with zero attached hydrogens (tertiary/aromatic N) is 1. The number of carbonyl (C=O) groups is 1. The number of carbonyl (C=O) groups excluding carboxylic acids is 1. The minimum atomic E-state index is -0.172. The molecule has 1 N–H and O–H groups in total. The number of amides is 1. The first kappa shape index (κ1) is 17.2. The second-order valence-electron chi connectivity index (χ2n) is 6.66. The minimum absolute atomic E-state index is 0.108. The lowest BCUT2D eigenvalue weighted by atomic mass is 10.1. The number of rotatable bonds is 5. The van der Waals surface area contributed by atoms with Gasteiger partial charge in [0, 0.05) is 17.5 Å². The molecule has 3 aromatic rings. The lowest BCUT2D eigenvalue weighted by Crippen LogP contribution is -2.34. The first-order valence-electron chi connectivity index (χ1n) is 8.46. The lowest BCUT2D eigenvalue weighted by molar-refractivity contribution is 0.0915. The van der Waals surface area contributed by atoms with Crippen molar-refractivity contribution in [3.63, 3.8) is 0 Å². The molecule has 4 heteroatoms. The summed E-state index contributed by atoms with van der Waals surface area (Å²) in [6, 6.07) is 16.3. The molecule has 0 fully saturated rings. The Labute approximate surface area is 148 Å². The first-order valence-corrected chi connectivity index (χ1v) is 8.46. The second-order valence-corrected chi connectivity index (χ2v) is 6.66. The molecule has 3 rings (SSSR count). The van der Waals surface area contributed by atoms with E-state index in [9.17, 15) is 4.79 Å². The van der Waals surface area contributed by atoms with Crippen LogP contribution >= 0.6 is 0 Å². The SMILES string of the molecule is Cc1ccc2c(C)c(C(=O)NC[C@H](c3ccccc3)N(C)C)oc2c1. The van der Waals surface area contributed by atoms with E-state index in [1.54, 1.807) is 0 Å². The van der Waals surface area contributed by atoms with Crippen molar-refractivity contribution in [3.8, 4) is 0 Å². The maximum atomic E-state index is 12.7. The molecule has 25 heavy (non-hydrogen) atoms. The quantitative estimate of drug-likeness (QED) is 0.763. The summed E-state index contributed by atoms with van der Waals surface area (Å²) in [4.78, 5) is 14.8. The van der Waals surface area contributed by atoms with Crippen LogP contribution in [-0.4, -0.2) is 31.4 Å². The average molecular weight is 336 g/mol. The number of likely N-dealkylation sites (N-methyl/N-ethyl adjacent to an activating group) is 1. The van der Waals surface area contributed by atoms with E-state index in [0.717, 1.165) is 22.1 Å². The normalized spacial score (nSPS) is 12.5. The van der Waals surface area contributed by atoms with E-state index in [0.29, 0.717) is 12.3 Å². The zero-order valence-corrected chi connectivity index (χ0v) is 15.2. The smallest absolute Gasteiger partial charge is 0.287 e. The van der Waals surface area contributed by atoms with Crippen LogP contribution in [0.25, 0.3) is 11.0 Å². The molecule has 0 aliphatic heterocycles. The van der Waals surface area contributed by atoms with E-state index in [1.807, 2.05) is 64.3 Å². The molecule has 130 valence electrons. The van der Waals surface area contributed by atoms with Crippen molar-refractivity contribution >= 4 is 16.9 Å². The van der Waals surface area contributed by atoms with Gasteiger partial charge in [-0.05, 0) is 45.1 Å². The van der Waals surface area contributed by atoms with Crippen LogP contribution in [-0.2, 0) is 0 Å². The third kappa shape index (κ3) is 3.59. The highest BCUT2D eigenvalue weighted by atomic mass is 16.3. The van der Waals surface area contributed by atoms with Gasteiger partial charge in [-0.3, -0.25) is 4.79 Å². The van der Waals surface area contributed by atoms with Gasteiger partial charge in [0.25, 0.3) is 5.91 Å². The van der Waals surface area contributed by atoms with Crippen LogP contribution in [0, 0.1) is 13.8 Å². The van der Waals surface area contributed by atoms with Crippen molar-refractivity contribution in [1.82, 2.24) is 10.2 Å². The Hall–Kier alpha value is -2.59. The summed E-state index contributed by atoms with van der Waals surface area (Å²) in [6.45, 7) is 4.46. The minimum Gasteiger partial charge on any atom is -0.451 e. The Balaban J connectivity index is 1.79. The summed E-state index contributed by atoms with van der Waals surface area (Å²) in [6.07, 6.45) is 0. The molecule has 0 bridgehead atoms. The summed E-state index contributed by atoms with van der Waals surface area (Å²) in [5.41, 5.74) is 3.93. The van der Waals surface area contributed by atoms with Gasteiger partial charge in [-0.25, -0.2) is 0 Å². The van der Waals surface area contributed by atoms with Crippen molar-refractivity contribution < 1.29 is 9.21 Å². The fraction of sp³-hybridized carbons (Fsp3) is 0.286. The molecule has 1 heterocycles. The number of furan rings is 1. The van der Waals surface area contributed by atoms with Gasteiger partial charge < -0.3 is 14.6 Å². The van der Waals surface area contributed by atoms with Crippen LogP contribution < -0.4 is 5.32 Å². The van der Waals surface area contributed by atoms with E-state index in [1.165, 1.54) is 5.56 Å². The molecule has 0 unspecified atom stereocenters. The Morgan fingerprint density at radius 1 is 1.12 bits per heavy atom. The van der Waals surface area contributed by atoms with Gasteiger partial charge in [-0.1, -0.05) is 42.5 Å². The maximum Gasteiger partial charge on any atom is 0.287 e. The van der Waals surface area contributed by atoms with E-state index in [2.05, 4.69) is 22.3 Å². The number of fused-ring (bicyclic) bond motifs is 1. The highest BCUT2D eigenvalue weighted by Gasteiger charge is 2.20. The van der Waals surface area contributed by atoms with Crippen molar-refractivity contribution in [3.05, 3.63) is 71.0 Å². The van der Waals surface area contributed by atoms with Crippen LogP contribution in [0.1, 0.15) is 33.3 Å². The predicted octanol–water partition coefficient (Wildman–Crippen LogP) is 4.08. The van der Waals surface area contributed by atoms with Crippen molar-refractivity contribution in [2.75, 3.05) is 20.6 Å². The molecular weight excluding hydrogens is 312 g/mol. The number of hydrogen-bond acceptors (Lipinski definition) is 3. The van der Waals surface area contributed by atoms with Crippen LogP contribution in [0.4, 0.5) is 0 Å². The van der Waals surface area contributed by atoms with Crippen molar-refractivity contribution in [2.24, 2.45) is 0 Å². The first-order chi connectivity index (χ1) is 12.0. The van der Waals surface area contributed by atoms with E-state index < -0.39 is 0 Å². The molecule has 0 aliphatic carbocycles. The fourth-order valence-corrected chi connectivity index (χ4v) is 3.09. The zero-order chi connectivity index (χ0) is 18.0. The molecule has 0 aliphatic rings. The molecule has 1 aromatic heterocycles. The number of hydrogen-bond donors (Lipinski definition) is 1. The van der Waals surface area contributed by atoms with Crippen LogP contribution in [0.2, 0.25) is 0 Å². The van der Waals surface area contributed by atoms with Crippen LogP contribution in [0.5, 0.6) is 0 Å². The van der Waals surface area contributed by atoms with Crippen molar-refractivity contribution in [2.45, 2.75) is 19.9 Å². The summed E-state index contributed by atoms with van der Waals surface area (Å²) in [7, 11) is 4.03. The standard InChI is InChI=1S/C21H24N2O2/c1-14-10-11-17-15(2)20(25-19(17)12-14)21(24)22-13-18(23(3)4)16-8-6-5-7-9-16/h5-12,18H,13H2,1-4H3,(H,22,24)/t18-/m1/s1. The maximum absolute atomic E-state index is 12.7. The molecule has 0 saturated heterocycles. The molecule has 1 atom stereocenters. The van der Waals surface area contributed by atoms with E-state index in [-0.39, 0.29) is 11.9 Å². The highest BCUT2D eigenvalue weighted by molar-refractivity contribution is 5.99. The Bertz CT molecular complexity index is 882. The van der Waals surface area contributed by atoms with Gasteiger partial charge in [0.15, 0.2) is 5.76 Å². The van der Waals surface area contributed by atoms with Gasteiger partial charge in [0.1, 0.15) is 5.58 Å². The molecule has 0 saturated carbocycles. The summed E-state index contributed by atoms with van der Waals surface area (Å²) in [5, 5.41) is 4.01. The van der Waals surface area contributed by atoms with Gasteiger partial charge in [-0.2, -0.15) is 0 Å². The number of nitrogens with one attached hydrogen (secondary N) is 1. The lowest BCUT2D eigenvalue weighted by Gasteiger charge is -2.25. The third-order valence-corrected chi connectivity index (χ3v) is 4.56. The summed E-state index contributed by atoms with van der Waals surface area (Å²) < 4.78 is 5.81. The molecule has 1 amide bonds. The molecular formula is C21H24N2O2. The van der Waals surface area contributed by atoms with Crippen molar-refractivity contribution in [1.29, 1.82) is 0 Å². The molecule has 0 spiro atoms. The fourth-order valence-electron chi connectivity index (χ4n) is 3.09. The second kappa shape index (κ2) is 7.11. The Morgan fingerprint density at radius 2 is 1.84 bits per heavy atom. The van der Waals surface area contributed by atoms with Gasteiger partial charge in [-0.15, -0.1) is 0 Å². The Kier molecular flexibility index (Phi) is 4.91. The predicted molar refractivity (Wildman–Crippen MR) is 101 cm³/mol. The van der Waals surface area contributed by atoms with Gasteiger partial charge >= 0.3 is 0 Å². The zero-order valence-electron chi connectivity index (χ0n) is 15.2. The molecule has 2 aromatic carbocycles. The average Bonchev–Trinajstić information content (AvgIpc) is 2.91. The third-order valence-electron chi connectivity index (χ3n) is 4.56. The van der Waals surface area contributed by atoms with E-state index >= 15 is 0 Å². The van der Waals surface area contributed by atoms with E-state index in [4.69, 9.17) is 4.42 Å².